The predicted molar refractivity (Wildman–Crippen MR) is 166 cm³/mol. The number of hydrogen-bond acceptors (Lipinski definition) is 7. The molecule has 8 nitrogen and oxygen atoms in total. The number of hydrogen-bond donors (Lipinski definition) is 0. The lowest BCUT2D eigenvalue weighted by atomic mass is 9.96. The quantitative estimate of drug-likeness (QED) is 0.249. The maximum Gasteiger partial charge on any atom is 0.260 e. The SMILES string of the molecule is CCOc1ccc2nc(N(CCN(CC)CC)C(=O)c3ccc(S(=O)(=O)N(C)C4CCCCC4)cc3)sc2c1.Cl. The van der Waals surface area contributed by atoms with Crippen molar-refractivity contribution in [2.75, 3.05) is 44.7 Å². The van der Waals surface area contributed by atoms with Crippen LogP contribution in [0.15, 0.2) is 47.4 Å². The Kier molecular flexibility index (Phi) is 11.8. The average molecular weight is 609 g/mol. The van der Waals surface area contributed by atoms with E-state index in [0.717, 1.165) is 61.2 Å². The third kappa shape index (κ3) is 7.33. The van der Waals surface area contributed by atoms with Crippen molar-refractivity contribution >= 4 is 55.0 Å². The molecule has 1 amide bonds. The first-order valence-corrected chi connectivity index (χ1v) is 16.2. The fourth-order valence-electron chi connectivity index (χ4n) is 5.06. The van der Waals surface area contributed by atoms with Crippen LogP contribution in [-0.2, 0) is 10.0 Å². The van der Waals surface area contributed by atoms with Crippen LogP contribution >= 0.6 is 23.7 Å². The second-order valence-electron chi connectivity index (χ2n) is 9.88. The van der Waals surface area contributed by atoms with Crippen molar-refractivity contribution in [1.29, 1.82) is 0 Å². The summed E-state index contributed by atoms with van der Waals surface area (Å²) in [7, 11) is -1.96. The van der Waals surface area contributed by atoms with Gasteiger partial charge in [-0.25, -0.2) is 13.4 Å². The normalized spacial score (nSPS) is 14.4. The number of benzene rings is 2. The number of aromatic nitrogens is 1. The van der Waals surface area contributed by atoms with Crippen LogP contribution in [0.4, 0.5) is 5.13 Å². The van der Waals surface area contributed by atoms with Crippen LogP contribution < -0.4 is 9.64 Å². The zero-order valence-electron chi connectivity index (χ0n) is 23.8. The molecule has 3 aromatic rings. The minimum absolute atomic E-state index is 0. The monoisotopic (exact) mass is 608 g/mol. The Bertz CT molecular complexity index is 1350. The molecule has 0 aliphatic heterocycles. The number of thiazole rings is 1. The van der Waals surface area contributed by atoms with E-state index in [-0.39, 0.29) is 29.3 Å². The van der Waals surface area contributed by atoms with Gasteiger partial charge in [0.05, 0.1) is 21.7 Å². The first kappa shape index (κ1) is 32.3. The predicted octanol–water partition coefficient (Wildman–Crippen LogP) is 6.06. The lowest BCUT2D eigenvalue weighted by molar-refractivity contribution is 0.0983. The molecule has 0 atom stereocenters. The largest absolute Gasteiger partial charge is 0.494 e. The maximum atomic E-state index is 13.8. The van der Waals surface area contributed by atoms with Crippen LogP contribution in [0.3, 0.4) is 0 Å². The van der Waals surface area contributed by atoms with Gasteiger partial charge in [-0.1, -0.05) is 44.4 Å². The molecule has 1 heterocycles. The van der Waals surface area contributed by atoms with Gasteiger partial charge in [0.15, 0.2) is 5.13 Å². The summed E-state index contributed by atoms with van der Waals surface area (Å²) in [5, 5.41) is 0.615. The van der Waals surface area contributed by atoms with Gasteiger partial charge >= 0.3 is 0 Å². The molecule has 1 aromatic heterocycles. The van der Waals surface area contributed by atoms with Crippen LogP contribution in [0.5, 0.6) is 5.75 Å². The summed E-state index contributed by atoms with van der Waals surface area (Å²) in [6.45, 7) is 9.68. The van der Waals surface area contributed by atoms with Crippen molar-refractivity contribution in [2.45, 2.75) is 63.8 Å². The van der Waals surface area contributed by atoms with E-state index in [9.17, 15) is 13.2 Å². The van der Waals surface area contributed by atoms with Crippen molar-refractivity contribution in [3.63, 3.8) is 0 Å². The third-order valence-electron chi connectivity index (χ3n) is 7.54. The third-order valence-corrected chi connectivity index (χ3v) is 10.5. The summed E-state index contributed by atoms with van der Waals surface area (Å²) < 4.78 is 34.7. The molecule has 0 bridgehead atoms. The van der Waals surface area contributed by atoms with E-state index in [2.05, 4.69) is 18.7 Å². The van der Waals surface area contributed by atoms with Crippen LogP contribution in [0.25, 0.3) is 10.2 Å². The first-order chi connectivity index (χ1) is 18.8. The molecule has 220 valence electrons. The number of halogens is 1. The van der Waals surface area contributed by atoms with Crippen LogP contribution in [0.1, 0.15) is 63.2 Å². The molecule has 0 radical (unpaired) electrons. The summed E-state index contributed by atoms with van der Waals surface area (Å²) >= 11 is 1.46. The lowest BCUT2D eigenvalue weighted by Gasteiger charge is -2.30. The van der Waals surface area contributed by atoms with Gasteiger partial charge in [0.1, 0.15) is 5.75 Å². The molecular formula is C29H41ClN4O4S2. The van der Waals surface area contributed by atoms with Crippen molar-refractivity contribution in [2.24, 2.45) is 0 Å². The summed E-state index contributed by atoms with van der Waals surface area (Å²) in [6.07, 6.45) is 5.05. The second-order valence-corrected chi connectivity index (χ2v) is 12.9. The van der Waals surface area contributed by atoms with Gasteiger partial charge in [-0.3, -0.25) is 9.69 Å². The van der Waals surface area contributed by atoms with Crippen molar-refractivity contribution in [3.8, 4) is 5.75 Å². The Morgan fingerprint density at radius 2 is 1.68 bits per heavy atom. The summed E-state index contributed by atoms with van der Waals surface area (Å²) in [6, 6.07) is 12.1. The zero-order valence-corrected chi connectivity index (χ0v) is 26.3. The van der Waals surface area contributed by atoms with Gasteiger partial charge in [-0.2, -0.15) is 4.31 Å². The summed E-state index contributed by atoms with van der Waals surface area (Å²) in [5.41, 5.74) is 1.24. The summed E-state index contributed by atoms with van der Waals surface area (Å²) in [4.78, 5) is 22.8. The summed E-state index contributed by atoms with van der Waals surface area (Å²) in [5.74, 6) is 0.576. The number of anilines is 1. The van der Waals surface area contributed by atoms with E-state index in [1.165, 1.54) is 15.6 Å². The van der Waals surface area contributed by atoms with Gasteiger partial charge in [0.25, 0.3) is 5.91 Å². The first-order valence-electron chi connectivity index (χ1n) is 13.9. The van der Waals surface area contributed by atoms with Crippen LogP contribution in [0, 0.1) is 0 Å². The number of carbonyl (C=O) groups excluding carboxylic acids is 1. The van der Waals surface area contributed by atoms with Gasteiger partial charge in [0.2, 0.25) is 10.0 Å². The number of carbonyl (C=O) groups is 1. The van der Waals surface area contributed by atoms with Crippen molar-refractivity contribution in [1.82, 2.24) is 14.2 Å². The number of ether oxygens (including phenoxy) is 1. The molecular weight excluding hydrogens is 568 g/mol. The molecule has 1 saturated carbocycles. The topological polar surface area (TPSA) is 83.0 Å². The Labute approximate surface area is 248 Å². The standard InChI is InChI=1S/C29H40N4O4S2.ClH/c1-5-32(6-2)19-20-33(29-30-26-18-15-24(37-7-3)21-27(26)38-29)28(34)22-13-16-25(17-14-22)39(35,36)31(4)23-11-9-8-10-12-23;/h13-18,21,23H,5-12,19-20H2,1-4H3;1H. The minimum atomic E-state index is -3.63. The molecule has 2 aromatic carbocycles. The number of amides is 1. The molecule has 11 heteroatoms. The number of rotatable bonds is 12. The molecule has 0 N–H and O–H groups in total. The van der Waals surface area contributed by atoms with E-state index >= 15 is 0 Å². The Balaban J connectivity index is 0.00000441. The Morgan fingerprint density at radius 3 is 2.30 bits per heavy atom. The average Bonchev–Trinajstić information content (AvgIpc) is 3.38. The van der Waals surface area contributed by atoms with Crippen molar-refractivity contribution < 1.29 is 17.9 Å². The minimum Gasteiger partial charge on any atom is -0.494 e. The van der Waals surface area contributed by atoms with E-state index in [0.29, 0.717) is 30.4 Å². The van der Waals surface area contributed by atoms with E-state index in [1.807, 2.05) is 25.1 Å². The highest BCUT2D eigenvalue weighted by atomic mass is 35.5. The van der Waals surface area contributed by atoms with Gasteiger partial charge in [-0.05, 0) is 75.3 Å². The smallest absolute Gasteiger partial charge is 0.260 e. The Hall–Kier alpha value is -2.24. The number of nitrogens with zero attached hydrogens (tertiary/aromatic N) is 4. The number of fused-ring (bicyclic) bond motifs is 1. The fourth-order valence-corrected chi connectivity index (χ4v) is 7.50. The van der Waals surface area contributed by atoms with Gasteiger partial charge in [0, 0.05) is 31.7 Å². The molecule has 1 aliphatic rings. The number of sulfonamides is 1. The highest BCUT2D eigenvalue weighted by Gasteiger charge is 2.29. The zero-order chi connectivity index (χ0) is 28.0. The molecule has 1 fully saturated rings. The molecule has 0 unspecified atom stereocenters. The van der Waals surface area contributed by atoms with E-state index in [4.69, 9.17) is 9.72 Å². The van der Waals surface area contributed by atoms with Crippen LogP contribution in [-0.4, -0.2) is 74.4 Å². The highest BCUT2D eigenvalue weighted by molar-refractivity contribution is 7.89. The highest BCUT2D eigenvalue weighted by Crippen LogP contribution is 2.33. The van der Waals surface area contributed by atoms with Gasteiger partial charge < -0.3 is 9.64 Å². The van der Waals surface area contributed by atoms with Crippen molar-refractivity contribution in [3.05, 3.63) is 48.0 Å². The molecule has 4 rings (SSSR count). The molecule has 0 spiro atoms. The fraction of sp³-hybridized carbons (Fsp3) is 0.517. The van der Waals surface area contributed by atoms with Crippen LogP contribution in [0.2, 0.25) is 0 Å². The Morgan fingerprint density at radius 1 is 1.00 bits per heavy atom. The molecule has 1 aliphatic carbocycles. The number of likely N-dealkylation sites (N-methyl/N-ethyl adjacent to an activating group) is 1. The van der Waals surface area contributed by atoms with E-state index < -0.39 is 10.0 Å². The lowest BCUT2D eigenvalue weighted by Crippen LogP contribution is -2.39. The second kappa shape index (κ2) is 14.6. The maximum absolute atomic E-state index is 13.8. The van der Waals surface area contributed by atoms with Gasteiger partial charge in [-0.15, -0.1) is 12.4 Å². The van der Waals surface area contributed by atoms with E-state index in [1.54, 1.807) is 36.2 Å². The molecule has 40 heavy (non-hydrogen) atoms. The molecule has 0 saturated heterocycles.